The van der Waals surface area contributed by atoms with Crippen molar-refractivity contribution in [1.29, 1.82) is 0 Å². The van der Waals surface area contributed by atoms with Crippen molar-refractivity contribution < 1.29 is 14.9 Å². The van der Waals surface area contributed by atoms with Crippen LogP contribution in [0, 0.1) is 0 Å². The number of likely N-dealkylation sites (tertiary alicyclic amines) is 1. The summed E-state index contributed by atoms with van der Waals surface area (Å²) in [5, 5.41) is 17.3. The Bertz CT molecular complexity index is 318. The number of aliphatic hydroxyl groups is 2. The zero-order chi connectivity index (χ0) is 11.4. The maximum Gasteiger partial charge on any atom is 0.310 e. The predicted molar refractivity (Wildman–Crippen MR) is 59.8 cm³/mol. The number of nitrogens with zero attached hydrogens (tertiary/aromatic N) is 1. The van der Waals surface area contributed by atoms with Crippen molar-refractivity contribution in [2.45, 2.75) is 25.9 Å². The third-order valence-corrected chi connectivity index (χ3v) is 2.77. The number of benzene rings is 1. The molecule has 1 aliphatic rings. The first-order valence-corrected chi connectivity index (χ1v) is 5.58. The molecule has 0 aromatic heterocycles. The van der Waals surface area contributed by atoms with Crippen LogP contribution >= 0.6 is 0 Å². The minimum atomic E-state index is -1.75. The molecule has 0 radical (unpaired) electrons. The maximum atomic E-state index is 8.63. The summed E-state index contributed by atoms with van der Waals surface area (Å²) in [4.78, 5) is 2.41. The summed E-state index contributed by atoms with van der Waals surface area (Å²) in [5.41, 5.74) is 1.22. The van der Waals surface area contributed by atoms with E-state index in [4.69, 9.17) is 14.9 Å². The molecule has 1 aromatic rings. The van der Waals surface area contributed by atoms with Crippen LogP contribution in [-0.4, -0.2) is 34.7 Å². The fourth-order valence-corrected chi connectivity index (χ4v) is 1.99. The summed E-state index contributed by atoms with van der Waals surface area (Å²) in [7, 11) is 0. The van der Waals surface area contributed by atoms with Crippen LogP contribution < -0.4 is 4.74 Å². The van der Waals surface area contributed by atoms with E-state index in [1.54, 1.807) is 12.1 Å². The Morgan fingerprint density at radius 2 is 1.75 bits per heavy atom. The Hall–Kier alpha value is -1.10. The van der Waals surface area contributed by atoms with Crippen LogP contribution in [0.5, 0.6) is 5.75 Å². The largest absolute Gasteiger partial charge is 0.442 e. The van der Waals surface area contributed by atoms with E-state index in [9.17, 15) is 0 Å². The molecule has 88 valence electrons. The van der Waals surface area contributed by atoms with Crippen molar-refractivity contribution in [1.82, 2.24) is 4.90 Å². The predicted octanol–water partition coefficient (Wildman–Crippen LogP) is 0.929. The Morgan fingerprint density at radius 1 is 1.12 bits per heavy atom. The van der Waals surface area contributed by atoms with Gasteiger partial charge in [0.15, 0.2) is 0 Å². The van der Waals surface area contributed by atoms with Gasteiger partial charge in [0.25, 0.3) is 0 Å². The molecule has 1 heterocycles. The molecule has 0 saturated carbocycles. The smallest absolute Gasteiger partial charge is 0.310 e. The van der Waals surface area contributed by atoms with Crippen molar-refractivity contribution >= 4 is 0 Å². The van der Waals surface area contributed by atoms with Gasteiger partial charge in [0.1, 0.15) is 5.75 Å². The minimum absolute atomic E-state index is 0.472. The monoisotopic (exact) mass is 223 g/mol. The Balaban J connectivity index is 1.90. The molecule has 0 atom stereocenters. The summed E-state index contributed by atoms with van der Waals surface area (Å²) >= 11 is 0. The number of ether oxygens (including phenoxy) is 1. The fourth-order valence-electron chi connectivity index (χ4n) is 1.99. The van der Waals surface area contributed by atoms with Gasteiger partial charge in [-0.25, -0.2) is 0 Å². The molecule has 1 aromatic carbocycles. The molecule has 0 unspecified atom stereocenters. The summed E-state index contributed by atoms with van der Waals surface area (Å²) in [6.45, 7) is 1.56. The summed E-state index contributed by atoms with van der Waals surface area (Å²) in [6, 6.07) is 7.42. The van der Waals surface area contributed by atoms with E-state index in [-0.39, 0.29) is 0 Å². The molecule has 16 heavy (non-hydrogen) atoms. The van der Waals surface area contributed by atoms with E-state index in [0.29, 0.717) is 5.75 Å². The van der Waals surface area contributed by atoms with Crippen LogP contribution in [0.4, 0.5) is 0 Å². The van der Waals surface area contributed by atoms with Crippen LogP contribution in [0.1, 0.15) is 18.4 Å². The van der Waals surface area contributed by atoms with E-state index in [1.807, 2.05) is 12.1 Å². The third kappa shape index (κ3) is 3.20. The van der Waals surface area contributed by atoms with Crippen LogP contribution in [0.25, 0.3) is 0 Å². The van der Waals surface area contributed by atoms with E-state index in [0.717, 1.165) is 6.54 Å². The molecule has 2 rings (SSSR count). The van der Waals surface area contributed by atoms with Crippen molar-refractivity contribution in [3.63, 3.8) is 0 Å². The lowest BCUT2D eigenvalue weighted by Gasteiger charge is -2.15. The highest BCUT2D eigenvalue weighted by Crippen LogP contribution is 2.16. The Morgan fingerprint density at radius 3 is 2.31 bits per heavy atom. The molecule has 2 N–H and O–H groups in total. The van der Waals surface area contributed by atoms with Crippen LogP contribution in [0.15, 0.2) is 24.3 Å². The van der Waals surface area contributed by atoms with Gasteiger partial charge >= 0.3 is 6.48 Å². The van der Waals surface area contributed by atoms with Gasteiger partial charge in [0.05, 0.1) is 0 Å². The molecule has 1 fully saturated rings. The standard InChI is InChI=1S/C12H17NO3/c14-12(15)16-11-5-3-10(4-6-11)9-13-7-1-2-8-13/h3-6,12,14-15H,1-2,7-9H2. The first kappa shape index (κ1) is 11.4. The molecular weight excluding hydrogens is 206 g/mol. The van der Waals surface area contributed by atoms with Gasteiger partial charge in [-0.1, -0.05) is 12.1 Å². The number of rotatable bonds is 4. The fraction of sp³-hybridized carbons (Fsp3) is 0.500. The van der Waals surface area contributed by atoms with Gasteiger partial charge in [0, 0.05) is 6.54 Å². The van der Waals surface area contributed by atoms with Gasteiger partial charge in [-0.3, -0.25) is 4.90 Å². The van der Waals surface area contributed by atoms with Gasteiger partial charge < -0.3 is 14.9 Å². The Kier molecular flexibility index (Phi) is 3.77. The highest BCUT2D eigenvalue weighted by atomic mass is 16.7. The Labute approximate surface area is 95.1 Å². The summed E-state index contributed by atoms with van der Waals surface area (Å²) < 4.78 is 4.74. The molecule has 0 aliphatic carbocycles. The van der Waals surface area contributed by atoms with Crippen LogP contribution in [0.2, 0.25) is 0 Å². The van der Waals surface area contributed by atoms with Gasteiger partial charge in [0.2, 0.25) is 0 Å². The van der Waals surface area contributed by atoms with Gasteiger partial charge in [-0.05, 0) is 43.6 Å². The van der Waals surface area contributed by atoms with Crippen molar-refractivity contribution in [3.8, 4) is 5.75 Å². The second kappa shape index (κ2) is 5.30. The molecule has 1 aliphatic heterocycles. The summed E-state index contributed by atoms with van der Waals surface area (Å²) in [5.74, 6) is 0.472. The number of hydrogen-bond donors (Lipinski definition) is 2. The number of aliphatic hydroxyl groups excluding tert-OH is 1. The van der Waals surface area contributed by atoms with Crippen molar-refractivity contribution in [2.75, 3.05) is 13.1 Å². The first-order chi connectivity index (χ1) is 7.74. The highest BCUT2D eigenvalue weighted by molar-refractivity contribution is 5.27. The molecule has 0 amide bonds. The van der Waals surface area contributed by atoms with Crippen molar-refractivity contribution in [2.24, 2.45) is 0 Å². The molecule has 0 spiro atoms. The zero-order valence-corrected chi connectivity index (χ0v) is 9.17. The average Bonchev–Trinajstić information content (AvgIpc) is 2.73. The molecule has 4 nitrogen and oxygen atoms in total. The van der Waals surface area contributed by atoms with E-state index >= 15 is 0 Å². The SMILES string of the molecule is OC(O)Oc1ccc(CN2CCCC2)cc1. The van der Waals surface area contributed by atoms with E-state index in [2.05, 4.69) is 4.90 Å². The highest BCUT2D eigenvalue weighted by Gasteiger charge is 2.11. The number of hydrogen-bond acceptors (Lipinski definition) is 4. The minimum Gasteiger partial charge on any atom is -0.442 e. The van der Waals surface area contributed by atoms with Crippen LogP contribution in [0.3, 0.4) is 0 Å². The first-order valence-electron chi connectivity index (χ1n) is 5.58. The lowest BCUT2D eigenvalue weighted by molar-refractivity contribution is -0.179. The van der Waals surface area contributed by atoms with E-state index in [1.165, 1.54) is 31.5 Å². The van der Waals surface area contributed by atoms with Gasteiger partial charge in [-0.2, -0.15) is 0 Å². The third-order valence-electron chi connectivity index (χ3n) is 2.77. The lowest BCUT2D eigenvalue weighted by atomic mass is 10.2. The summed E-state index contributed by atoms with van der Waals surface area (Å²) in [6.07, 6.45) is 2.58. The molecule has 4 heteroatoms. The average molecular weight is 223 g/mol. The molecule has 1 saturated heterocycles. The normalized spacial score (nSPS) is 16.9. The molecular formula is C12H17NO3. The topological polar surface area (TPSA) is 52.9 Å². The van der Waals surface area contributed by atoms with Crippen LogP contribution in [-0.2, 0) is 6.54 Å². The second-order valence-electron chi connectivity index (χ2n) is 4.07. The van der Waals surface area contributed by atoms with Crippen molar-refractivity contribution in [3.05, 3.63) is 29.8 Å². The molecule has 0 bridgehead atoms. The quantitative estimate of drug-likeness (QED) is 0.746. The second-order valence-corrected chi connectivity index (χ2v) is 4.07. The maximum absolute atomic E-state index is 8.63. The lowest BCUT2D eigenvalue weighted by Crippen LogP contribution is -2.18. The zero-order valence-electron chi connectivity index (χ0n) is 9.17. The van der Waals surface area contributed by atoms with Gasteiger partial charge in [-0.15, -0.1) is 0 Å². The van der Waals surface area contributed by atoms with E-state index < -0.39 is 6.48 Å².